The second kappa shape index (κ2) is 6.55. The van der Waals surface area contributed by atoms with Gasteiger partial charge in [-0.15, -0.1) is 5.10 Å². The fourth-order valence-electron chi connectivity index (χ4n) is 3.42. The summed E-state index contributed by atoms with van der Waals surface area (Å²) in [5.41, 5.74) is 2.83. The Morgan fingerprint density at radius 3 is 2.84 bits per heavy atom. The molecule has 6 nitrogen and oxygen atoms in total. The topological polar surface area (TPSA) is 69.0 Å². The summed E-state index contributed by atoms with van der Waals surface area (Å²) < 4.78 is 7.11. The molecule has 7 heteroatoms. The smallest absolute Gasteiger partial charge is 0.227 e. The number of nitrogens with one attached hydrogen (secondary N) is 1. The van der Waals surface area contributed by atoms with Crippen molar-refractivity contribution in [3.05, 3.63) is 41.1 Å². The minimum atomic E-state index is -0.233. The van der Waals surface area contributed by atoms with Crippen molar-refractivity contribution in [2.75, 3.05) is 18.2 Å². The first-order chi connectivity index (χ1) is 12.2. The van der Waals surface area contributed by atoms with Crippen LogP contribution in [0.3, 0.4) is 0 Å². The Labute approximate surface area is 150 Å². The van der Waals surface area contributed by atoms with Crippen LogP contribution in [-0.4, -0.2) is 33.4 Å². The highest BCUT2D eigenvalue weighted by atomic mass is 32.2. The molecule has 1 aliphatic heterocycles. The number of carbonyl (C=O) groups is 1. The monoisotopic (exact) mass is 356 g/mol. The van der Waals surface area contributed by atoms with Gasteiger partial charge in [-0.3, -0.25) is 4.79 Å². The highest BCUT2D eigenvalue weighted by molar-refractivity contribution is 7.99. The summed E-state index contributed by atoms with van der Waals surface area (Å²) >= 11 is 1.60. The third-order valence-corrected chi connectivity index (χ3v) is 5.27. The van der Waals surface area contributed by atoms with Crippen LogP contribution in [0.4, 0.5) is 5.95 Å². The highest BCUT2D eigenvalue weighted by Gasteiger charge is 2.36. The van der Waals surface area contributed by atoms with Crippen molar-refractivity contribution in [1.29, 1.82) is 0 Å². The lowest BCUT2D eigenvalue weighted by molar-refractivity contribution is -0.116. The third kappa shape index (κ3) is 2.82. The number of allylic oxidation sites excluding steroid dienone is 2. The number of methoxy groups -OCH3 is 1. The molecule has 0 fully saturated rings. The highest BCUT2D eigenvalue weighted by Crippen LogP contribution is 2.40. The molecule has 1 aliphatic carbocycles. The molecule has 25 heavy (non-hydrogen) atoms. The maximum atomic E-state index is 12.7. The van der Waals surface area contributed by atoms with E-state index in [1.54, 1.807) is 18.9 Å². The van der Waals surface area contributed by atoms with Crippen LogP contribution < -0.4 is 10.1 Å². The molecule has 0 radical (unpaired) electrons. The standard InChI is InChI=1S/C18H20N4O2S/c1-3-25-18-20-17-19-13-5-4-6-14(23)15(13)16(22(17)21-18)11-7-9-12(24-2)10-8-11/h7-10,16H,3-6H2,1-2H3,(H,19,20,21)/t16-/m0/s1. The van der Waals surface area contributed by atoms with Crippen LogP contribution in [0.25, 0.3) is 0 Å². The zero-order valence-corrected chi connectivity index (χ0v) is 15.1. The molecule has 1 aromatic heterocycles. The summed E-state index contributed by atoms with van der Waals surface area (Å²) in [4.78, 5) is 17.3. The van der Waals surface area contributed by atoms with E-state index in [4.69, 9.17) is 4.74 Å². The van der Waals surface area contributed by atoms with Gasteiger partial charge in [0.2, 0.25) is 11.1 Å². The predicted molar refractivity (Wildman–Crippen MR) is 97.1 cm³/mol. The number of rotatable bonds is 4. The van der Waals surface area contributed by atoms with Gasteiger partial charge in [-0.1, -0.05) is 30.8 Å². The van der Waals surface area contributed by atoms with Crippen LogP contribution in [0.5, 0.6) is 5.75 Å². The number of fused-ring (bicyclic) bond motifs is 1. The van der Waals surface area contributed by atoms with Gasteiger partial charge in [0.05, 0.1) is 7.11 Å². The Hall–Kier alpha value is -2.28. The number of aromatic nitrogens is 3. The second-order valence-corrected chi connectivity index (χ2v) is 7.30. The van der Waals surface area contributed by atoms with Gasteiger partial charge in [-0.05, 0) is 36.3 Å². The first kappa shape index (κ1) is 16.2. The number of benzene rings is 1. The van der Waals surface area contributed by atoms with Crippen molar-refractivity contribution in [3.8, 4) is 5.75 Å². The predicted octanol–water partition coefficient (Wildman–Crippen LogP) is 3.42. The SMILES string of the molecule is CCSc1nc2n(n1)[C@@H](c1ccc(OC)cc1)C1=C(CCCC1=O)N2. The van der Waals surface area contributed by atoms with Crippen LogP contribution >= 0.6 is 11.8 Å². The van der Waals surface area contributed by atoms with Gasteiger partial charge in [-0.2, -0.15) is 4.98 Å². The van der Waals surface area contributed by atoms with Crippen LogP contribution in [0.2, 0.25) is 0 Å². The number of hydrogen-bond acceptors (Lipinski definition) is 6. The Morgan fingerprint density at radius 2 is 2.12 bits per heavy atom. The largest absolute Gasteiger partial charge is 0.497 e. The van der Waals surface area contributed by atoms with E-state index in [1.807, 2.05) is 28.9 Å². The first-order valence-corrected chi connectivity index (χ1v) is 9.46. The molecule has 4 rings (SSSR count). The molecule has 0 amide bonds. The molecule has 2 aliphatic rings. The van der Waals surface area contributed by atoms with Gasteiger partial charge in [0.25, 0.3) is 0 Å². The number of hydrogen-bond donors (Lipinski definition) is 1. The zero-order chi connectivity index (χ0) is 17.4. The summed E-state index contributed by atoms with van der Waals surface area (Å²) in [7, 11) is 1.65. The van der Waals surface area contributed by atoms with Gasteiger partial charge in [0, 0.05) is 17.7 Å². The summed E-state index contributed by atoms with van der Waals surface area (Å²) in [5.74, 6) is 2.61. The van der Waals surface area contributed by atoms with Crippen LogP contribution in [0.1, 0.15) is 37.8 Å². The van der Waals surface area contributed by atoms with Gasteiger partial charge in [0.1, 0.15) is 11.8 Å². The molecule has 0 bridgehead atoms. The Morgan fingerprint density at radius 1 is 1.32 bits per heavy atom. The average Bonchev–Trinajstić information content (AvgIpc) is 3.02. The molecule has 1 aromatic carbocycles. The van der Waals surface area contributed by atoms with E-state index in [2.05, 4.69) is 22.3 Å². The van der Waals surface area contributed by atoms with E-state index < -0.39 is 0 Å². The van der Waals surface area contributed by atoms with Gasteiger partial charge < -0.3 is 10.1 Å². The number of Topliss-reactive ketones (excluding diaryl/α,β-unsaturated/α-hetero) is 1. The molecule has 130 valence electrons. The van der Waals surface area contributed by atoms with Crippen molar-refractivity contribution in [2.24, 2.45) is 0 Å². The number of ether oxygens (including phenoxy) is 1. The van der Waals surface area contributed by atoms with Crippen molar-refractivity contribution in [1.82, 2.24) is 14.8 Å². The summed E-state index contributed by atoms with van der Waals surface area (Å²) in [6.07, 6.45) is 2.34. The van der Waals surface area contributed by atoms with Crippen LogP contribution in [-0.2, 0) is 4.79 Å². The second-order valence-electron chi connectivity index (χ2n) is 6.07. The molecule has 1 atom stereocenters. The van der Waals surface area contributed by atoms with E-state index in [9.17, 15) is 4.79 Å². The minimum absolute atomic E-state index is 0.195. The van der Waals surface area contributed by atoms with Gasteiger partial charge in [0.15, 0.2) is 5.78 Å². The Kier molecular flexibility index (Phi) is 4.25. The molecule has 1 N–H and O–H groups in total. The van der Waals surface area contributed by atoms with E-state index in [-0.39, 0.29) is 11.8 Å². The molecular formula is C18H20N4O2S. The molecule has 2 heterocycles. The van der Waals surface area contributed by atoms with E-state index in [0.717, 1.165) is 46.3 Å². The number of anilines is 1. The molecular weight excluding hydrogens is 336 g/mol. The summed E-state index contributed by atoms with van der Waals surface area (Å²) in [5, 5.41) is 8.73. The Bertz CT molecular complexity index is 841. The van der Waals surface area contributed by atoms with Gasteiger partial charge >= 0.3 is 0 Å². The van der Waals surface area contributed by atoms with Gasteiger partial charge in [-0.25, -0.2) is 4.68 Å². The van der Waals surface area contributed by atoms with E-state index in [1.165, 1.54) is 0 Å². The summed E-state index contributed by atoms with van der Waals surface area (Å²) in [6, 6.07) is 7.61. The van der Waals surface area contributed by atoms with E-state index >= 15 is 0 Å². The maximum absolute atomic E-state index is 12.7. The molecule has 2 aromatic rings. The van der Waals surface area contributed by atoms with Crippen molar-refractivity contribution >= 4 is 23.5 Å². The van der Waals surface area contributed by atoms with Crippen molar-refractivity contribution in [2.45, 2.75) is 37.4 Å². The fourth-order valence-corrected chi connectivity index (χ4v) is 3.98. The first-order valence-electron chi connectivity index (χ1n) is 8.47. The number of nitrogens with zero attached hydrogens (tertiary/aromatic N) is 3. The number of carbonyl (C=O) groups excluding carboxylic acids is 1. The van der Waals surface area contributed by atoms with Crippen molar-refractivity contribution < 1.29 is 9.53 Å². The Balaban J connectivity index is 1.84. The quantitative estimate of drug-likeness (QED) is 0.847. The lowest BCUT2D eigenvalue weighted by Gasteiger charge is -2.32. The lowest BCUT2D eigenvalue weighted by Crippen LogP contribution is -2.31. The average molecular weight is 356 g/mol. The van der Waals surface area contributed by atoms with Crippen molar-refractivity contribution in [3.63, 3.8) is 0 Å². The van der Waals surface area contributed by atoms with Crippen LogP contribution in [0, 0.1) is 0 Å². The molecule has 0 spiro atoms. The fraction of sp³-hybridized carbons (Fsp3) is 0.389. The zero-order valence-electron chi connectivity index (χ0n) is 14.3. The van der Waals surface area contributed by atoms with E-state index in [0.29, 0.717) is 12.4 Å². The minimum Gasteiger partial charge on any atom is -0.497 e. The molecule has 0 saturated carbocycles. The van der Waals surface area contributed by atoms with Crippen LogP contribution in [0.15, 0.2) is 40.7 Å². The third-order valence-electron chi connectivity index (χ3n) is 4.55. The normalized spacial score (nSPS) is 19.3. The number of ketones is 1. The molecule has 0 saturated heterocycles. The maximum Gasteiger partial charge on any atom is 0.227 e. The molecule has 0 unspecified atom stereocenters. The summed E-state index contributed by atoms with van der Waals surface area (Å²) in [6.45, 7) is 2.08. The number of thioether (sulfide) groups is 1. The lowest BCUT2D eigenvalue weighted by atomic mass is 9.85.